The van der Waals surface area contributed by atoms with Crippen molar-refractivity contribution in [2.24, 2.45) is 5.73 Å². The van der Waals surface area contributed by atoms with Crippen molar-refractivity contribution in [2.45, 2.75) is 25.5 Å². The van der Waals surface area contributed by atoms with Crippen LogP contribution in [-0.2, 0) is 22.6 Å². The second-order valence-corrected chi connectivity index (χ2v) is 3.90. The Kier molecular flexibility index (Phi) is 3.17. The highest BCUT2D eigenvalue weighted by atomic mass is 16.5. The zero-order valence-electron chi connectivity index (χ0n) is 9.19. The molecule has 0 spiro atoms. The first-order chi connectivity index (χ1) is 7.70. The minimum Gasteiger partial charge on any atom is -0.378 e. The topological polar surface area (TPSA) is 77.2 Å². The van der Waals surface area contributed by atoms with E-state index in [4.69, 9.17) is 10.5 Å². The minimum atomic E-state index is -0.432. The van der Waals surface area contributed by atoms with Crippen LogP contribution in [0.3, 0.4) is 0 Å². The number of nitrogens with two attached hydrogens (primary N) is 1. The Bertz CT molecular complexity index is 406. The molecule has 5 nitrogen and oxygen atoms in total. The second kappa shape index (κ2) is 4.59. The van der Waals surface area contributed by atoms with Crippen molar-refractivity contribution >= 4 is 11.6 Å². The first-order valence-corrected chi connectivity index (χ1v) is 5.24. The van der Waals surface area contributed by atoms with Crippen LogP contribution in [0.5, 0.6) is 0 Å². The van der Waals surface area contributed by atoms with E-state index < -0.39 is 6.04 Å². The summed E-state index contributed by atoms with van der Waals surface area (Å²) in [5.74, 6) is -0.139. The van der Waals surface area contributed by atoms with Crippen LogP contribution in [0.2, 0.25) is 0 Å². The molecule has 0 saturated heterocycles. The first-order valence-electron chi connectivity index (χ1n) is 5.24. The van der Waals surface area contributed by atoms with Gasteiger partial charge in [0, 0.05) is 7.11 Å². The molecule has 2 rings (SSSR count). The molecule has 0 fully saturated rings. The van der Waals surface area contributed by atoms with Gasteiger partial charge in [0.1, 0.15) is 0 Å². The number of fused-ring (bicyclic) bond motifs is 1. The summed E-state index contributed by atoms with van der Waals surface area (Å²) < 4.78 is 5.02. The lowest BCUT2D eigenvalue weighted by molar-refractivity contribution is -0.117. The van der Waals surface area contributed by atoms with Gasteiger partial charge in [-0.1, -0.05) is 0 Å². The van der Waals surface area contributed by atoms with Crippen LogP contribution >= 0.6 is 0 Å². The summed E-state index contributed by atoms with van der Waals surface area (Å²) in [6, 6.07) is 1.52. The molecule has 1 atom stereocenters. The predicted octanol–water partition coefficient (Wildman–Crippen LogP) is 0.440. The Morgan fingerprint density at radius 3 is 3.25 bits per heavy atom. The summed E-state index contributed by atoms with van der Waals surface area (Å²) in [5.41, 5.74) is 8.40. The Balaban J connectivity index is 2.27. The van der Waals surface area contributed by atoms with Gasteiger partial charge in [0.25, 0.3) is 0 Å². The van der Waals surface area contributed by atoms with Gasteiger partial charge in [-0.3, -0.25) is 9.78 Å². The number of methoxy groups -OCH3 is 1. The van der Waals surface area contributed by atoms with Gasteiger partial charge < -0.3 is 15.8 Å². The monoisotopic (exact) mass is 221 g/mol. The third-order valence-corrected chi connectivity index (χ3v) is 2.66. The molecule has 1 aliphatic rings. The Labute approximate surface area is 94.0 Å². The average molecular weight is 221 g/mol. The molecular weight excluding hydrogens is 206 g/mol. The molecule has 2 heterocycles. The van der Waals surface area contributed by atoms with E-state index in [9.17, 15) is 4.79 Å². The number of carbonyl (C=O) groups is 1. The quantitative estimate of drug-likeness (QED) is 0.759. The van der Waals surface area contributed by atoms with Crippen LogP contribution < -0.4 is 11.1 Å². The van der Waals surface area contributed by atoms with E-state index in [0.717, 1.165) is 23.4 Å². The highest BCUT2D eigenvalue weighted by Gasteiger charge is 2.20. The summed E-state index contributed by atoms with van der Waals surface area (Å²) in [7, 11) is 1.63. The average Bonchev–Trinajstić information content (AvgIpc) is 2.41. The van der Waals surface area contributed by atoms with Crippen LogP contribution in [0.4, 0.5) is 5.69 Å². The number of hydrogen-bond acceptors (Lipinski definition) is 4. The van der Waals surface area contributed by atoms with Crippen LogP contribution in [0.1, 0.15) is 17.7 Å². The molecule has 1 aromatic rings. The van der Waals surface area contributed by atoms with Crippen molar-refractivity contribution in [3.05, 3.63) is 23.5 Å². The highest BCUT2D eigenvalue weighted by molar-refractivity contribution is 5.95. The highest BCUT2D eigenvalue weighted by Crippen LogP contribution is 2.21. The van der Waals surface area contributed by atoms with E-state index in [1.54, 1.807) is 13.3 Å². The molecule has 5 heteroatoms. The second-order valence-electron chi connectivity index (χ2n) is 3.90. The molecule has 16 heavy (non-hydrogen) atoms. The van der Waals surface area contributed by atoms with E-state index in [1.807, 2.05) is 6.07 Å². The molecule has 3 N–H and O–H groups in total. The molecule has 1 amide bonds. The Morgan fingerprint density at radius 2 is 2.50 bits per heavy atom. The number of rotatable bonds is 2. The van der Waals surface area contributed by atoms with E-state index in [0.29, 0.717) is 13.0 Å². The Hall–Kier alpha value is -1.46. The molecule has 0 aromatic carbocycles. The first kappa shape index (κ1) is 11.0. The molecule has 1 aromatic heterocycles. The summed E-state index contributed by atoms with van der Waals surface area (Å²) in [6.45, 7) is 0.479. The molecule has 0 saturated carbocycles. The van der Waals surface area contributed by atoms with E-state index >= 15 is 0 Å². The van der Waals surface area contributed by atoms with Gasteiger partial charge in [-0.25, -0.2) is 0 Å². The van der Waals surface area contributed by atoms with E-state index in [2.05, 4.69) is 10.3 Å². The zero-order valence-corrected chi connectivity index (χ0v) is 9.19. The number of anilines is 1. The van der Waals surface area contributed by atoms with Crippen LogP contribution in [-0.4, -0.2) is 24.0 Å². The fourth-order valence-electron chi connectivity index (χ4n) is 1.76. The molecule has 86 valence electrons. The third kappa shape index (κ3) is 2.20. The maximum absolute atomic E-state index is 11.5. The van der Waals surface area contributed by atoms with E-state index in [1.165, 1.54) is 0 Å². The number of carbonyl (C=O) groups excluding carboxylic acids is 1. The van der Waals surface area contributed by atoms with Gasteiger partial charge >= 0.3 is 0 Å². The number of amides is 1. The van der Waals surface area contributed by atoms with Crippen molar-refractivity contribution in [1.82, 2.24) is 4.98 Å². The lowest BCUT2D eigenvalue weighted by Crippen LogP contribution is -2.34. The number of ether oxygens (including phenoxy) is 1. The van der Waals surface area contributed by atoms with E-state index in [-0.39, 0.29) is 5.91 Å². The number of aryl methyl sites for hydroxylation is 1. The predicted molar refractivity (Wildman–Crippen MR) is 59.9 cm³/mol. The lowest BCUT2D eigenvalue weighted by Gasteiger charge is -2.08. The molecule has 0 unspecified atom stereocenters. The van der Waals surface area contributed by atoms with Crippen LogP contribution in [0, 0.1) is 0 Å². The van der Waals surface area contributed by atoms with Gasteiger partial charge in [-0.15, -0.1) is 0 Å². The number of hydrogen-bond donors (Lipinski definition) is 2. The maximum Gasteiger partial charge on any atom is 0.241 e. The maximum atomic E-state index is 11.5. The van der Waals surface area contributed by atoms with Gasteiger partial charge in [0.15, 0.2) is 0 Å². The fraction of sp³-hybridized carbons (Fsp3) is 0.455. The standard InChI is InChI=1S/C11H15N3O2/c1-16-6-8-4-7-2-3-9(12)11(15)14-10(7)5-13-8/h4-5,9H,2-3,6,12H2,1H3,(H,14,15)/t9-/m1/s1. The van der Waals surface area contributed by atoms with Crippen molar-refractivity contribution in [3.8, 4) is 0 Å². The number of nitrogens with zero attached hydrogens (tertiary/aromatic N) is 1. The number of aromatic nitrogens is 1. The van der Waals surface area contributed by atoms with Crippen molar-refractivity contribution in [3.63, 3.8) is 0 Å². The third-order valence-electron chi connectivity index (χ3n) is 2.66. The summed E-state index contributed by atoms with van der Waals surface area (Å²) in [5, 5.41) is 2.77. The Morgan fingerprint density at radius 1 is 1.69 bits per heavy atom. The molecule has 0 aliphatic carbocycles. The van der Waals surface area contributed by atoms with Crippen LogP contribution in [0.15, 0.2) is 12.3 Å². The summed E-state index contributed by atoms with van der Waals surface area (Å²) in [4.78, 5) is 15.7. The number of nitrogens with one attached hydrogen (secondary N) is 1. The van der Waals surface area contributed by atoms with Gasteiger partial charge in [0.2, 0.25) is 5.91 Å². The molecular formula is C11H15N3O2. The molecule has 0 bridgehead atoms. The molecule has 0 radical (unpaired) electrons. The fourth-order valence-corrected chi connectivity index (χ4v) is 1.76. The largest absolute Gasteiger partial charge is 0.378 e. The normalized spacial score (nSPS) is 19.9. The SMILES string of the molecule is COCc1cc2c(cn1)NC(=O)[C@H](N)CC2. The summed E-state index contributed by atoms with van der Waals surface area (Å²) in [6.07, 6.45) is 3.11. The lowest BCUT2D eigenvalue weighted by atomic mass is 10.1. The number of pyridine rings is 1. The van der Waals surface area contributed by atoms with Gasteiger partial charge in [-0.05, 0) is 24.5 Å². The van der Waals surface area contributed by atoms with Crippen molar-refractivity contribution in [2.75, 3.05) is 12.4 Å². The molecule has 1 aliphatic heterocycles. The van der Waals surface area contributed by atoms with Crippen LogP contribution in [0.25, 0.3) is 0 Å². The van der Waals surface area contributed by atoms with Crippen molar-refractivity contribution < 1.29 is 9.53 Å². The minimum absolute atomic E-state index is 0.139. The van der Waals surface area contributed by atoms with Crippen molar-refractivity contribution in [1.29, 1.82) is 0 Å². The smallest absolute Gasteiger partial charge is 0.241 e. The zero-order chi connectivity index (χ0) is 11.5. The van der Waals surface area contributed by atoms with Gasteiger partial charge in [0.05, 0.1) is 30.2 Å². The van der Waals surface area contributed by atoms with Gasteiger partial charge in [-0.2, -0.15) is 0 Å². The summed E-state index contributed by atoms with van der Waals surface area (Å²) >= 11 is 0.